The second-order valence-corrected chi connectivity index (χ2v) is 6.24. The van der Waals surface area contributed by atoms with Gasteiger partial charge in [-0.05, 0) is 44.4 Å². The highest BCUT2D eigenvalue weighted by Crippen LogP contribution is 2.30. The molecule has 0 spiro atoms. The molecule has 5 heteroatoms. The summed E-state index contributed by atoms with van der Waals surface area (Å²) in [6.45, 7) is 3.72. The van der Waals surface area contributed by atoms with Gasteiger partial charge in [0.05, 0.1) is 5.92 Å². The Kier molecular flexibility index (Phi) is 5.26. The van der Waals surface area contributed by atoms with Crippen LogP contribution in [0.2, 0.25) is 0 Å². The van der Waals surface area contributed by atoms with Crippen LogP contribution in [-0.4, -0.2) is 41.1 Å². The molecular formula is C15H26N2O3. The molecule has 5 nitrogen and oxygen atoms in total. The summed E-state index contributed by atoms with van der Waals surface area (Å²) in [5.74, 6) is -0.338. The summed E-state index contributed by atoms with van der Waals surface area (Å²) in [6, 6.07) is 0.0192. The molecule has 2 amide bonds. The van der Waals surface area contributed by atoms with Crippen molar-refractivity contribution in [2.24, 2.45) is 11.8 Å². The van der Waals surface area contributed by atoms with Gasteiger partial charge in [-0.3, -0.25) is 4.79 Å². The lowest BCUT2D eigenvalue weighted by Gasteiger charge is -2.30. The number of amides is 2. The third-order valence-electron chi connectivity index (χ3n) is 4.31. The van der Waals surface area contributed by atoms with E-state index < -0.39 is 5.97 Å². The standard InChI is InChI=1S/C15H26N2O3/c1-2-8-17(10-11-6-7-11)15(20)16-13-5-3-4-12(9-13)14(18)19/h11-13H,2-10H2,1H3,(H,16,20)(H,18,19). The van der Waals surface area contributed by atoms with Crippen molar-refractivity contribution in [3.05, 3.63) is 0 Å². The van der Waals surface area contributed by atoms with Crippen LogP contribution in [0, 0.1) is 11.8 Å². The van der Waals surface area contributed by atoms with E-state index >= 15 is 0 Å². The minimum Gasteiger partial charge on any atom is -0.481 e. The SMILES string of the molecule is CCCN(CC1CC1)C(=O)NC1CCCC(C(=O)O)C1. The number of carboxylic acids is 1. The van der Waals surface area contributed by atoms with Crippen molar-refractivity contribution in [2.75, 3.05) is 13.1 Å². The summed E-state index contributed by atoms with van der Waals surface area (Å²) >= 11 is 0. The van der Waals surface area contributed by atoms with Crippen molar-refractivity contribution in [2.45, 2.75) is 57.9 Å². The van der Waals surface area contributed by atoms with Crippen molar-refractivity contribution >= 4 is 12.0 Å². The van der Waals surface area contributed by atoms with Gasteiger partial charge in [0.15, 0.2) is 0 Å². The van der Waals surface area contributed by atoms with Crippen LogP contribution < -0.4 is 5.32 Å². The second-order valence-electron chi connectivity index (χ2n) is 6.24. The molecule has 2 aliphatic carbocycles. The topological polar surface area (TPSA) is 69.6 Å². The summed E-state index contributed by atoms with van der Waals surface area (Å²) in [6.07, 6.45) is 6.53. The average molecular weight is 282 g/mol. The molecule has 0 bridgehead atoms. The lowest BCUT2D eigenvalue weighted by Crippen LogP contribution is -2.47. The normalized spacial score (nSPS) is 26.1. The lowest BCUT2D eigenvalue weighted by atomic mass is 9.86. The van der Waals surface area contributed by atoms with E-state index in [-0.39, 0.29) is 18.0 Å². The van der Waals surface area contributed by atoms with E-state index in [0.717, 1.165) is 38.8 Å². The Balaban J connectivity index is 1.82. The molecule has 20 heavy (non-hydrogen) atoms. The molecular weight excluding hydrogens is 256 g/mol. The van der Waals surface area contributed by atoms with Gasteiger partial charge in [-0.15, -0.1) is 0 Å². The predicted molar refractivity (Wildman–Crippen MR) is 76.5 cm³/mol. The molecule has 2 unspecified atom stereocenters. The third-order valence-corrected chi connectivity index (χ3v) is 4.31. The number of hydrogen-bond acceptors (Lipinski definition) is 2. The Hall–Kier alpha value is -1.26. The highest BCUT2D eigenvalue weighted by molar-refractivity contribution is 5.75. The number of carbonyl (C=O) groups is 2. The van der Waals surface area contributed by atoms with Gasteiger partial charge in [0.25, 0.3) is 0 Å². The van der Waals surface area contributed by atoms with E-state index in [1.165, 1.54) is 12.8 Å². The summed E-state index contributed by atoms with van der Waals surface area (Å²) in [5, 5.41) is 12.1. The molecule has 0 radical (unpaired) electrons. The number of hydrogen-bond donors (Lipinski definition) is 2. The van der Waals surface area contributed by atoms with Crippen LogP contribution in [0.1, 0.15) is 51.9 Å². The Morgan fingerprint density at radius 1 is 1.25 bits per heavy atom. The van der Waals surface area contributed by atoms with Crippen molar-refractivity contribution in [3.63, 3.8) is 0 Å². The number of nitrogens with one attached hydrogen (secondary N) is 1. The largest absolute Gasteiger partial charge is 0.481 e. The van der Waals surface area contributed by atoms with Crippen molar-refractivity contribution in [1.82, 2.24) is 10.2 Å². The third kappa shape index (κ3) is 4.39. The molecule has 0 heterocycles. The van der Waals surface area contributed by atoms with Crippen LogP contribution in [-0.2, 0) is 4.79 Å². The van der Waals surface area contributed by atoms with E-state index in [9.17, 15) is 9.59 Å². The molecule has 0 aromatic carbocycles. The van der Waals surface area contributed by atoms with Crippen LogP contribution in [0.15, 0.2) is 0 Å². The average Bonchev–Trinajstić information content (AvgIpc) is 3.22. The molecule has 0 aliphatic heterocycles. The van der Waals surface area contributed by atoms with Crippen molar-refractivity contribution < 1.29 is 14.7 Å². The summed E-state index contributed by atoms with van der Waals surface area (Å²) in [5.41, 5.74) is 0. The fraction of sp³-hybridized carbons (Fsp3) is 0.867. The first-order valence-electron chi connectivity index (χ1n) is 7.88. The zero-order valence-corrected chi connectivity index (χ0v) is 12.3. The Bertz CT molecular complexity index is 355. The molecule has 2 fully saturated rings. The van der Waals surface area contributed by atoms with E-state index in [1.807, 2.05) is 4.90 Å². The summed E-state index contributed by atoms with van der Waals surface area (Å²) < 4.78 is 0. The maximum absolute atomic E-state index is 12.3. The maximum atomic E-state index is 12.3. The number of carboxylic acid groups (broad SMARTS) is 1. The number of nitrogens with zero attached hydrogens (tertiary/aromatic N) is 1. The van der Waals surface area contributed by atoms with E-state index in [4.69, 9.17) is 5.11 Å². The highest BCUT2D eigenvalue weighted by Gasteiger charge is 2.30. The Morgan fingerprint density at radius 2 is 2.00 bits per heavy atom. The number of urea groups is 1. The van der Waals surface area contributed by atoms with Crippen LogP contribution >= 0.6 is 0 Å². The predicted octanol–water partition coefficient (Wildman–Crippen LogP) is 2.46. The molecule has 2 rings (SSSR count). The minimum absolute atomic E-state index is 0.00483. The van der Waals surface area contributed by atoms with Gasteiger partial charge in [-0.1, -0.05) is 13.3 Å². The zero-order chi connectivity index (χ0) is 14.5. The fourth-order valence-corrected chi connectivity index (χ4v) is 2.97. The van der Waals surface area contributed by atoms with Gasteiger partial charge in [-0.25, -0.2) is 4.79 Å². The summed E-state index contributed by atoms with van der Waals surface area (Å²) in [7, 11) is 0. The molecule has 2 N–H and O–H groups in total. The molecule has 114 valence electrons. The van der Waals surface area contributed by atoms with E-state index in [2.05, 4.69) is 12.2 Å². The van der Waals surface area contributed by atoms with Gasteiger partial charge in [0.1, 0.15) is 0 Å². The van der Waals surface area contributed by atoms with Gasteiger partial charge in [0.2, 0.25) is 0 Å². The van der Waals surface area contributed by atoms with Crippen molar-refractivity contribution in [1.29, 1.82) is 0 Å². The van der Waals surface area contributed by atoms with Crippen LogP contribution in [0.3, 0.4) is 0 Å². The summed E-state index contributed by atoms with van der Waals surface area (Å²) in [4.78, 5) is 25.3. The zero-order valence-electron chi connectivity index (χ0n) is 12.3. The molecule has 2 atom stereocenters. The van der Waals surface area contributed by atoms with E-state index in [0.29, 0.717) is 12.3 Å². The van der Waals surface area contributed by atoms with Gasteiger partial charge in [-0.2, -0.15) is 0 Å². The van der Waals surface area contributed by atoms with Gasteiger partial charge >= 0.3 is 12.0 Å². The quantitative estimate of drug-likeness (QED) is 0.786. The molecule has 0 aromatic heterocycles. The van der Waals surface area contributed by atoms with Crippen LogP contribution in [0.4, 0.5) is 4.79 Å². The number of carbonyl (C=O) groups excluding carboxylic acids is 1. The van der Waals surface area contributed by atoms with Gasteiger partial charge < -0.3 is 15.3 Å². The first-order chi connectivity index (χ1) is 9.60. The van der Waals surface area contributed by atoms with Crippen LogP contribution in [0.5, 0.6) is 0 Å². The van der Waals surface area contributed by atoms with E-state index in [1.54, 1.807) is 0 Å². The first-order valence-corrected chi connectivity index (χ1v) is 7.88. The lowest BCUT2D eigenvalue weighted by molar-refractivity contribution is -0.143. The molecule has 0 saturated heterocycles. The highest BCUT2D eigenvalue weighted by atomic mass is 16.4. The van der Waals surface area contributed by atoms with Gasteiger partial charge in [0, 0.05) is 19.1 Å². The number of aliphatic carboxylic acids is 1. The second kappa shape index (κ2) is 6.95. The monoisotopic (exact) mass is 282 g/mol. The molecule has 2 saturated carbocycles. The fourth-order valence-electron chi connectivity index (χ4n) is 2.97. The maximum Gasteiger partial charge on any atom is 0.317 e. The van der Waals surface area contributed by atoms with Crippen LogP contribution in [0.25, 0.3) is 0 Å². The van der Waals surface area contributed by atoms with Crippen molar-refractivity contribution in [3.8, 4) is 0 Å². The number of rotatable bonds is 6. The Morgan fingerprint density at radius 3 is 2.60 bits per heavy atom. The first kappa shape index (κ1) is 15.1. The Labute approximate surface area is 120 Å². The molecule has 2 aliphatic rings. The molecule has 0 aromatic rings. The minimum atomic E-state index is -0.729. The smallest absolute Gasteiger partial charge is 0.317 e.